The van der Waals surface area contributed by atoms with Gasteiger partial charge in [0, 0.05) is 5.69 Å². The normalized spacial score (nSPS) is 13.5. The third-order valence-corrected chi connectivity index (χ3v) is 5.82. The molecule has 0 bridgehead atoms. The number of carbonyl (C=O) groups excluding carboxylic acids is 3. The van der Waals surface area contributed by atoms with Crippen LogP contribution in [0.3, 0.4) is 0 Å². The average molecular weight is 461 g/mol. The molecule has 0 spiro atoms. The SMILES string of the molecule is Cc1ccc(OC(=O)c2ccc(NC3=C(Cl)C(=O)N(c4cccc(C)c4C)C3=O)cc2)cc1. The number of aryl methyl sites for hydroxylation is 2. The van der Waals surface area contributed by atoms with E-state index in [1.54, 1.807) is 48.5 Å². The molecule has 166 valence electrons. The second-order valence-corrected chi connectivity index (χ2v) is 8.14. The Morgan fingerprint density at radius 3 is 2.21 bits per heavy atom. The van der Waals surface area contributed by atoms with E-state index in [4.69, 9.17) is 16.3 Å². The summed E-state index contributed by atoms with van der Waals surface area (Å²) >= 11 is 6.22. The Balaban J connectivity index is 1.50. The Kier molecular flexibility index (Phi) is 6.03. The van der Waals surface area contributed by atoms with Crippen molar-refractivity contribution in [2.24, 2.45) is 0 Å². The molecule has 1 N–H and O–H groups in total. The molecule has 1 heterocycles. The highest BCUT2D eigenvalue weighted by molar-refractivity contribution is 6.53. The van der Waals surface area contributed by atoms with E-state index in [-0.39, 0.29) is 10.7 Å². The Hall–Kier alpha value is -3.90. The van der Waals surface area contributed by atoms with E-state index in [1.165, 1.54) is 0 Å². The molecule has 1 aliphatic rings. The fraction of sp³-hybridized carbons (Fsp3) is 0.115. The maximum atomic E-state index is 13.0. The number of benzene rings is 3. The molecule has 33 heavy (non-hydrogen) atoms. The van der Waals surface area contributed by atoms with Crippen molar-refractivity contribution in [1.29, 1.82) is 0 Å². The number of nitrogens with zero attached hydrogens (tertiary/aromatic N) is 1. The van der Waals surface area contributed by atoms with Gasteiger partial charge in [-0.2, -0.15) is 0 Å². The van der Waals surface area contributed by atoms with Crippen LogP contribution in [0.1, 0.15) is 27.0 Å². The minimum Gasteiger partial charge on any atom is -0.423 e. The average Bonchev–Trinajstić information content (AvgIpc) is 3.01. The van der Waals surface area contributed by atoms with Gasteiger partial charge in [0.05, 0.1) is 11.3 Å². The van der Waals surface area contributed by atoms with E-state index in [9.17, 15) is 14.4 Å². The molecule has 2 amide bonds. The fourth-order valence-electron chi connectivity index (χ4n) is 3.41. The number of amides is 2. The first kappa shape index (κ1) is 22.3. The van der Waals surface area contributed by atoms with Gasteiger partial charge in [0.2, 0.25) is 0 Å². The van der Waals surface area contributed by atoms with Gasteiger partial charge < -0.3 is 10.1 Å². The predicted molar refractivity (Wildman–Crippen MR) is 127 cm³/mol. The van der Waals surface area contributed by atoms with Crippen LogP contribution in [0, 0.1) is 20.8 Å². The topological polar surface area (TPSA) is 75.7 Å². The number of anilines is 2. The molecule has 4 rings (SSSR count). The molecular formula is C26H21ClN2O4. The zero-order valence-electron chi connectivity index (χ0n) is 18.3. The van der Waals surface area contributed by atoms with Gasteiger partial charge in [-0.3, -0.25) is 9.59 Å². The first-order chi connectivity index (χ1) is 15.8. The lowest BCUT2D eigenvalue weighted by Crippen LogP contribution is -2.33. The maximum Gasteiger partial charge on any atom is 0.343 e. The van der Waals surface area contributed by atoms with Crippen LogP contribution in [-0.2, 0) is 9.59 Å². The van der Waals surface area contributed by atoms with Crippen LogP contribution in [0.4, 0.5) is 11.4 Å². The molecule has 3 aromatic carbocycles. The van der Waals surface area contributed by atoms with Crippen LogP contribution >= 0.6 is 11.6 Å². The third kappa shape index (κ3) is 4.38. The van der Waals surface area contributed by atoms with Crippen LogP contribution < -0.4 is 15.0 Å². The number of imide groups is 1. The number of ether oxygens (including phenoxy) is 1. The molecule has 7 heteroatoms. The minimum atomic E-state index is -0.587. The van der Waals surface area contributed by atoms with Crippen molar-refractivity contribution in [3.8, 4) is 5.75 Å². The van der Waals surface area contributed by atoms with Crippen LogP contribution in [0.2, 0.25) is 0 Å². The van der Waals surface area contributed by atoms with E-state index >= 15 is 0 Å². The molecule has 0 radical (unpaired) electrons. The first-order valence-electron chi connectivity index (χ1n) is 10.3. The van der Waals surface area contributed by atoms with E-state index < -0.39 is 17.8 Å². The zero-order chi connectivity index (χ0) is 23.7. The van der Waals surface area contributed by atoms with E-state index in [1.807, 2.05) is 39.0 Å². The number of halogens is 1. The molecule has 6 nitrogen and oxygen atoms in total. The summed E-state index contributed by atoms with van der Waals surface area (Å²) in [7, 11) is 0. The van der Waals surface area contributed by atoms with Gasteiger partial charge in [0.1, 0.15) is 16.5 Å². The molecule has 0 saturated carbocycles. The highest BCUT2D eigenvalue weighted by atomic mass is 35.5. The van der Waals surface area contributed by atoms with Gasteiger partial charge in [0.15, 0.2) is 0 Å². The van der Waals surface area contributed by atoms with E-state index in [0.29, 0.717) is 22.7 Å². The van der Waals surface area contributed by atoms with Gasteiger partial charge in [0.25, 0.3) is 11.8 Å². The van der Waals surface area contributed by atoms with E-state index in [2.05, 4.69) is 5.32 Å². The van der Waals surface area contributed by atoms with Gasteiger partial charge in [-0.25, -0.2) is 9.69 Å². The molecule has 0 fully saturated rings. The number of carbonyl (C=O) groups is 3. The summed E-state index contributed by atoms with van der Waals surface area (Å²) in [5.41, 5.74) is 4.16. The monoisotopic (exact) mass is 460 g/mol. The molecule has 1 aliphatic heterocycles. The second kappa shape index (κ2) is 8.92. The zero-order valence-corrected chi connectivity index (χ0v) is 19.1. The maximum absolute atomic E-state index is 13.0. The van der Waals surface area contributed by atoms with Crippen molar-refractivity contribution < 1.29 is 19.1 Å². The summed E-state index contributed by atoms with van der Waals surface area (Å²) in [5.74, 6) is -1.18. The summed E-state index contributed by atoms with van der Waals surface area (Å²) in [5, 5.41) is 2.72. The quantitative estimate of drug-likeness (QED) is 0.319. The van der Waals surface area contributed by atoms with Gasteiger partial charge in [-0.15, -0.1) is 0 Å². The summed E-state index contributed by atoms with van der Waals surface area (Å²) in [4.78, 5) is 39.2. The Labute approximate surface area is 196 Å². The first-order valence-corrected chi connectivity index (χ1v) is 10.6. The van der Waals surface area contributed by atoms with Gasteiger partial charge in [-0.1, -0.05) is 41.4 Å². The number of hydrogen-bond donors (Lipinski definition) is 1. The summed E-state index contributed by atoms with van der Waals surface area (Å²) in [6.45, 7) is 5.70. The minimum absolute atomic E-state index is 0.0162. The smallest absolute Gasteiger partial charge is 0.343 e. The molecule has 0 unspecified atom stereocenters. The highest BCUT2D eigenvalue weighted by Crippen LogP contribution is 2.33. The highest BCUT2D eigenvalue weighted by Gasteiger charge is 2.39. The van der Waals surface area contributed by atoms with Crippen molar-refractivity contribution in [3.05, 3.63) is 99.7 Å². The van der Waals surface area contributed by atoms with Gasteiger partial charge >= 0.3 is 5.97 Å². The number of rotatable bonds is 5. The largest absolute Gasteiger partial charge is 0.423 e. The van der Waals surface area contributed by atoms with Crippen LogP contribution in [-0.4, -0.2) is 17.8 Å². The molecule has 0 aliphatic carbocycles. The molecule has 0 saturated heterocycles. The summed E-state index contributed by atoms with van der Waals surface area (Å²) in [6.07, 6.45) is 0. The summed E-state index contributed by atoms with van der Waals surface area (Å²) in [6, 6.07) is 18.9. The fourth-order valence-corrected chi connectivity index (χ4v) is 3.63. The molecule has 0 atom stereocenters. The lowest BCUT2D eigenvalue weighted by molar-refractivity contribution is -0.120. The van der Waals surface area contributed by atoms with Crippen molar-refractivity contribution in [3.63, 3.8) is 0 Å². The second-order valence-electron chi connectivity index (χ2n) is 7.76. The van der Waals surface area contributed by atoms with Crippen molar-refractivity contribution in [1.82, 2.24) is 0 Å². The standard InChI is InChI=1S/C26H21ClN2O4/c1-15-7-13-20(14-8-15)33-26(32)18-9-11-19(12-10-18)28-23-22(27)24(30)29(25(23)31)21-6-4-5-16(2)17(21)3/h4-14,28H,1-3H3. The van der Waals surface area contributed by atoms with Crippen LogP contribution in [0.15, 0.2) is 77.5 Å². The number of hydrogen-bond acceptors (Lipinski definition) is 5. The van der Waals surface area contributed by atoms with Crippen LogP contribution in [0.25, 0.3) is 0 Å². The van der Waals surface area contributed by atoms with E-state index in [0.717, 1.165) is 21.6 Å². The number of esters is 1. The lowest BCUT2D eigenvalue weighted by Gasteiger charge is -2.18. The predicted octanol–water partition coefficient (Wildman–Crippen LogP) is 5.27. The Morgan fingerprint density at radius 1 is 0.879 bits per heavy atom. The van der Waals surface area contributed by atoms with Crippen LogP contribution in [0.5, 0.6) is 5.75 Å². The lowest BCUT2D eigenvalue weighted by atomic mass is 10.1. The van der Waals surface area contributed by atoms with Crippen molar-refractivity contribution >= 4 is 40.8 Å². The molecule has 0 aromatic heterocycles. The molecule has 3 aromatic rings. The van der Waals surface area contributed by atoms with Crippen molar-refractivity contribution in [2.45, 2.75) is 20.8 Å². The Morgan fingerprint density at radius 2 is 1.55 bits per heavy atom. The molecular weight excluding hydrogens is 440 g/mol. The summed E-state index contributed by atoms with van der Waals surface area (Å²) < 4.78 is 5.37. The van der Waals surface area contributed by atoms with Gasteiger partial charge in [-0.05, 0) is 74.4 Å². The number of nitrogens with one attached hydrogen (secondary N) is 1. The third-order valence-electron chi connectivity index (χ3n) is 5.47. The van der Waals surface area contributed by atoms with Crippen molar-refractivity contribution in [2.75, 3.05) is 10.2 Å². The Bertz CT molecular complexity index is 1290.